The first-order valence-corrected chi connectivity index (χ1v) is 9.25. The van der Waals surface area contributed by atoms with Gasteiger partial charge in [0.2, 0.25) is 0 Å². The maximum Gasteiger partial charge on any atom is 0.165 e. The summed E-state index contributed by atoms with van der Waals surface area (Å²) in [4.78, 5) is 12.7. The van der Waals surface area contributed by atoms with E-state index in [1.807, 2.05) is 36.4 Å². The molecule has 2 nitrogen and oxygen atoms in total. The van der Waals surface area contributed by atoms with Gasteiger partial charge in [0.05, 0.1) is 6.04 Å². The van der Waals surface area contributed by atoms with Crippen molar-refractivity contribution in [3.05, 3.63) is 99.2 Å². The van der Waals surface area contributed by atoms with E-state index in [9.17, 15) is 9.18 Å². The topological polar surface area (TPSA) is 29.1 Å². The third-order valence-electron chi connectivity index (χ3n) is 4.01. The molecule has 0 aromatic heterocycles. The molecule has 3 aromatic rings. The van der Waals surface area contributed by atoms with E-state index in [1.54, 1.807) is 12.1 Å². The Morgan fingerprint density at radius 2 is 1.58 bits per heavy atom. The van der Waals surface area contributed by atoms with E-state index < -0.39 is 0 Å². The van der Waals surface area contributed by atoms with Crippen molar-refractivity contribution < 1.29 is 9.18 Å². The van der Waals surface area contributed by atoms with Crippen LogP contribution in [-0.2, 0) is 0 Å². The van der Waals surface area contributed by atoms with Crippen LogP contribution in [0, 0.1) is 5.82 Å². The largest absolute Gasteiger partial charge is 0.378 e. The molecule has 3 rings (SSSR count). The number of halogens is 3. The minimum absolute atomic E-state index is 0.0561. The van der Waals surface area contributed by atoms with Crippen LogP contribution < -0.4 is 5.32 Å². The lowest BCUT2D eigenvalue weighted by atomic mass is 9.97. The molecule has 1 N–H and O–H groups in total. The molecule has 3 aromatic carbocycles. The minimum atomic E-state index is -0.356. The van der Waals surface area contributed by atoms with Crippen LogP contribution in [0.2, 0.25) is 5.02 Å². The van der Waals surface area contributed by atoms with Gasteiger partial charge in [-0.2, -0.15) is 0 Å². The molecule has 0 amide bonds. The molecular weight excluding hydrogens is 417 g/mol. The first-order valence-electron chi connectivity index (χ1n) is 8.07. The van der Waals surface area contributed by atoms with E-state index in [0.29, 0.717) is 10.6 Å². The molecule has 0 aliphatic heterocycles. The number of anilines is 1. The van der Waals surface area contributed by atoms with E-state index in [-0.39, 0.29) is 24.1 Å². The van der Waals surface area contributed by atoms with E-state index in [0.717, 1.165) is 15.7 Å². The predicted molar refractivity (Wildman–Crippen MR) is 107 cm³/mol. The van der Waals surface area contributed by atoms with Gasteiger partial charge in [-0.1, -0.05) is 39.7 Å². The Bertz CT molecular complexity index is 879. The lowest BCUT2D eigenvalue weighted by Crippen LogP contribution is -2.16. The summed E-state index contributed by atoms with van der Waals surface area (Å²) in [6.45, 7) is 0. The van der Waals surface area contributed by atoms with E-state index in [4.69, 9.17) is 11.6 Å². The van der Waals surface area contributed by atoms with Gasteiger partial charge in [0.25, 0.3) is 0 Å². The minimum Gasteiger partial charge on any atom is -0.378 e. The Morgan fingerprint density at radius 1 is 0.962 bits per heavy atom. The molecule has 5 heteroatoms. The monoisotopic (exact) mass is 431 g/mol. The average molecular weight is 433 g/mol. The Balaban J connectivity index is 1.84. The van der Waals surface area contributed by atoms with E-state index in [2.05, 4.69) is 21.2 Å². The molecule has 0 fully saturated rings. The molecule has 0 saturated carbocycles. The highest BCUT2D eigenvalue weighted by molar-refractivity contribution is 9.10. The molecule has 0 heterocycles. The summed E-state index contributed by atoms with van der Waals surface area (Å²) >= 11 is 9.37. The average Bonchev–Trinajstić information content (AvgIpc) is 2.64. The number of nitrogens with one attached hydrogen (secondary N) is 1. The van der Waals surface area contributed by atoms with Gasteiger partial charge in [-0.25, -0.2) is 4.39 Å². The number of carbonyl (C=O) groups excluding carboxylic acids is 1. The van der Waals surface area contributed by atoms with Crippen molar-refractivity contribution in [3.63, 3.8) is 0 Å². The highest BCUT2D eigenvalue weighted by atomic mass is 79.9. The fourth-order valence-corrected chi connectivity index (χ4v) is 3.02. The number of benzene rings is 3. The van der Waals surface area contributed by atoms with Gasteiger partial charge in [0.1, 0.15) is 5.82 Å². The molecule has 1 atom stereocenters. The Kier molecular flexibility index (Phi) is 6.07. The molecule has 0 aliphatic carbocycles. The molecule has 0 saturated heterocycles. The maximum atomic E-state index is 13.1. The number of rotatable bonds is 6. The van der Waals surface area contributed by atoms with Gasteiger partial charge >= 0.3 is 0 Å². The van der Waals surface area contributed by atoms with Gasteiger partial charge < -0.3 is 5.32 Å². The normalized spacial score (nSPS) is 11.8. The van der Waals surface area contributed by atoms with Crippen molar-refractivity contribution in [1.82, 2.24) is 0 Å². The number of hydrogen-bond donors (Lipinski definition) is 1. The van der Waals surface area contributed by atoms with Crippen LogP contribution in [0.4, 0.5) is 10.1 Å². The molecule has 0 spiro atoms. The number of hydrogen-bond acceptors (Lipinski definition) is 2. The summed E-state index contributed by atoms with van der Waals surface area (Å²) < 4.78 is 14.1. The summed E-state index contributed by atoms with van der Waals surface area (Å²) in [5.41, 5.74) is 2.35. The van der Waals surface area contributed by atoms with Crippen LogP contribution in [0.3, 0.4) is 0 Å². The van der Waals surface area contributed by atoms with Crippen LogP contribution >= 0.6 is 27.5 Å². The van der Waals surface area contributed by atoms with Crippen molar-refractivity contribution in [1.29, 1.82) is 0 Å². The summed E-state index contributed by atoms with van der Waals surface area (Å²) in [6, 6.07) is 20.6. The van der Waals surface area contributed by atoms with Crippen LogP contribution in [0.25, 0.3) is 0 Å². The SMILES string of the molecule is O=C(CC(Nc1ccc(Cl)cc1)c1ccc(Br)cc1)c1ccc(F)cc1. The fourth-order valence-electron chi connectivity index (χ4n) is 2.63. The second-order valence-corrected chi connectivity index (χ2v) is 7.24. The summed E-state index contributed by atoms with van der Waals surface area (Å²) in [5.74, 6) is -0.412. The summed E-state index contributed by atoms with van der Waals surface area (Å²) in [5, 5.41) is 4.04. The van der Waals surface area contributed by atoms with Crippen LogP contribution in [-0.4, -0.2) is 5.78 Å². The van der Waals surface area contributed by atoms with Crippen molar-refractivity contribution in [2.45, 2.75) is 12.5 Å². The number of ketones is 1. The van der Waals surface area contributed by atoms with Crippen LogP contribution in [0.5, 0.6) is 0 Å². The molecule has 26 heavy (non-hydrogen) atoms. The summed E-state index contributed by atoms with van der Waals surface area (Å²) in [6.07, 6.45) is 0.246. The zero-order valence-electron chi connectivity index (χ0n) is 13.8. The van der Waals surface area contributed by atoms with E-state index in [1.165, 1.54) is 24.3 Å². The summed E-state index contributed by atoms with van der Waals surface area (Å²) in [7, 11) is 0. The third kappa shape index (κ3) is 4.93. The van der Waals surface area contributed by atoms with E-state index >= 15 is 0 Å². The van der Waals surface area contributed by atoms with Crippen LogP contribution in [0.15, 0.2) is 77.3 Å². The highest BCUT2D eigenvalue weighted by Crippen LogP contribution is 2.26. The standard InChI is InChI=1S/C21H16BrClFNO/c22-16-5-1-14(2-6-16)20(25-19-11-7-17(23)8-12-19)13-21(26)15-3-9-18(24)10-4-15/h1-12,20,25H,13H2. The molecule has 0 radical (unpaired) electrons. The van der Waals surface area contributed by atoms with Gasteiger partial charge in [-0.3, -0.25) is 4.79 Å². The molecule has 0 aliphatic rings. The molecular formula is C21H16BrClFNO. The molecule has 132 valence electrons. The first kappa shape index (κ1) is 18.6. The van der Waals surface area contributed by atoms with Gasteiger partial charge in [-0.05, 0) is 66.2 Å². The Hall–Kier alpha value is -2.17. The fraction of sp³-hybridized carbons (Fsp3) is 0.0952. The van der Waals surface area contributed by atoms with Crippen molar-refractivity contribution in [2.75, 3.05) is 5.32 Å². The first-order chi connectivity index (χ1) is 12.5. The van der Waals surface area contributed by atoms with Gasteiger partial charge in [0, 0.05) is 27.2 Å². The second kappa shape index (κ2) is 8.47. The van der Waals surface area contributed by atoms with Crippen molar-refractivity contribution >= 4 is 39.0 Å². The van der Waals surface area contributed by atoms with Gasteiger partial charge in [-0.15, -0.1) is 0 Å². The lowest BCUT2D eigenvalue weighted by Gasteiger charge is -2.20. The maximum absolute atomic E-state index is 13.1. The predicted octanol–water partition coefficient (Wildman–Crippen LogP) is 6.67. The lowest BCUT2D eigenvalue weighted by molar-refractivity contribution is 0.0976. The molecule has 1 unspecified atom stereocenters. The van der Waals surface area contributed by atoms with Gasteiger partial charge in [0.15, 0.2) is 5.78 Å². The van der Waals surface area contributed by atoms with Crippen molar-refractivity contribution in [3.8, 4) is 0 Å². The van der Waals surface area contributed by atoms with Crippen molar-refractivity contribution in [2.24, 2.45) is 0 Å². The number of carbonyl (C=O) groups is 1. The third-order valence-corrected chi connectivity index (χ3v) is 4.79. The highest BCUT2D eigenvalue weighted by Gasteiger charge is 2.17. The second-order valence-electron chi connectivity index (χ2n) is 5.89. The van der Waals surface area contributed by atoms with Crippen LogP contribution in [0.1, 0.15) is 28.4 Å². The molecule has 0 bridgehead atoms. The smallest absolute Gasteiger partial charge is 0.165 e. The quantitative estimate of drug-likeness (QED) is 0.441. The zero-order chi connectivity index (χ0) is 18.5. The number of Topliss-reactive ketones (excluding diaryl/α,β-unsaturated/α-hetero) is 1. The Morgan fingerprint density at radius 3 is 2.19 bits per heavy atom. The Labute approximate surface area is 165 Å². The zero-order valence-corrected chi connectivity index (χ0v) is 16.1.